The van der Waals surface area contributed by atoms with Crippen LogP contribution in [0.5, 0.6) is 6.01 Å². The second kappa shape index (κ2) is 10.7. The molecular formula is C31H31F2N7O3S. The predicted octanol–water partition coefficient (Wildman–Crippen LogP) is 3.92. The van der Waals surface area contributed by atoms with Crippen LogP contribution >= 0.6 is 11.3 Å². The van der Waals surface area contributed by atoms with Gasteiger partial charge in [0.2, 0.25) is 0 Å². The van der Waals surface area contributed by atoms with Gasteiger partial charge in [0, 0.05) is 52.9 Å². The molecule has 0 saturated carbocycles. The molecule has 4 aliphatic heterocycles. The lowest BCUT2D eigenvalue weighted by Gasteiger charge is -2.37. The zero-order chi connectivity index (χ0) is 30.1. The van der Waals surface area contributed by atoms with Crippen molar-refractivity contribution in [3.63, 3.8) is 0 Å². The number of rotatable bonds is 5. The molecule has 0 spiro atoms. The maximum absolute atomic E-state index is 17.2. The number of thiophene rings is 1. The number of nitrogens with one attached hydrogen (secondary N) is 1. The van der Waals surface area contributed by atoms with Crippen LogP contribution in [-0.2, 0) is 22.7 Å². The number of likely N-dealkylation sites (N-methyl/N-ethyl adjacent to an activating group) is 1. The number of anilines is 2. The van der Waals surface area contributed by atoms with Crippen LogP contribution in [0.25, 0.3) is 32.1 Å². The summed E-state index contributed by atoms with van der Waals surface area (Å²) in [5, 5.41) is 14.6. The van der Waals surface area contributed by atoms with Crippen LogP contribution < -0.4 is 20.7 Å². The third-order valence-electron chi connectivity index (χ3n) is 9.50. The van der Waals surface area contributed by atoms with Crippen molar-refractivity contribution in [2.75, 3.05) is 57.1 Å². The predicted molar refractivity (Wildman–Crippen MR) is 163 cm³/mol. The van der Waals surface area contributed by atoms with E-state index in [0.717, 1.165) is 38.0 Å². The minimum absolute atomic E-state index is 0.000924. The summed E-state index contributed by atoms with van der Waals surface area (Å²) in [6.45, 7) is 4.11. The largest absolute Gasteiger partial charge is 0.462 e. The minimum atomic E-state index is -0.696. The van der Waals surface area contributed by atoms with Gasteiger partial charge in [-0.15, -0.1) is 11.3 Å². The molecule has 10 nitrogen and oxygen atoms in total. The molecule has 44 heavy (non-hydrogen) atoms. The van der Waals surface area contributed by atoms with Gasteiger partial charge < -0.3 is 30.2 Å². The van der Waals surface area contributed by atoms with Crippen molar-refractivity contribution in [2.24, 2.45) is 0 Å². The van der Waals surface area contributed by atoms with E-state index >= 15 is 8.78 Å². The van der Waals surface area contributed by atoms with Gasteiger partial charge >= 0.3 is 6.01 Å². The number of benzene rings is 2. The maximum atomic E-state index is 17.2. The second-order valence-corrected chi connectivity index (χ2v) is 13.0. The van der Waals surface area contributed by atoms with Crippen molar-refractivity contribution in [3.05, 3.63) is 40.5 Å². The van der Waals surface area contributed by atoms with E-state index in [9.17, 15) is 5.26 Å². The van der Waals surface area contributed by atoms with E-state index in [1.807, 2.05) is 7.05 Å². The number of hydrogen-bond donors (Lipinski definition) is 2. The summed E-state index contributed by atoms with van der Waals surface area (Å²) in [7, 11) is 2.01. The Balaban J connectivity index is 1.37. The summed E-state index contributed by atoms with van der Waals surface area (Å²) in [5.41, 5.74) is 7.65. The first-order chi connectivity index (χ1) is 21.4. The van der Waals surface area contributed by atoms with Crippen LogP contribution in [-0.4, -0.2) is 79.5 Å². The molecule has 2 aromatic carbocycles. The number of nitrogens with zero attached hydrogens (tertiary/aromatic N) is 5. The van der Waals surface area contributed by atoms with Crippen molar-refractivity contribution in [1.29, 1.82) is 5.26 Å². The first-order valence-electron chi connectivity index (χ1n) is 14.9. The third kappa shape index (κ3) is 4.23. The van der Waals surface area contributed by atoms with Gasteiger partial charge in [0.1, 0.15) is 34.8 Å². The van der Waals surface area contributed by atoms with Crippen LogP contribution in [0.4, 0.5) is 19.6 Å². The number of fused-ring (bicyclic) bond motifs is 6. The number of nitriles is 1. The summed E-state index contributed by atoms with van der Waals surface area (Å²) in [5.74, 6) is -0.723. The molecule has 8 rings (SSSR count). The van der Waals surface area contributed by atoms with Crippen molar-refractivity contribution < 1.29 is 23.0 Å². The van der Waals surface area contributed by atoms with Crippen molar-refractivity contribution in [3.8, 4) is 23.2 Å². The molecule has 0 amide bonds. The van der Waals surface area contributed by atoms with Gasteiger partial charge in [0.15, 0.2) is 5.82 Å². The number of ether oxygens (including phenoxy) is 3. The summed E-state index contributed by atoms with van der Waals surface area (Å²) in [6.07, 6.45) is 1.99. The average molecular weight is 620 g/mol. The van der Waals surface area contributed by atoms with Gasteiger partial charge in [-0.05, 0) is 43.1 Å². The van der Waals surface area contributed by atoms with E-state index in [-0.39, 0.29) is 71.2 Å². The minimum Gasteiger partial charge on any atom is -0.462 e. The molecule has 2 aromatic heterocycles. The first-order valence-corrected chi connectivity index (χ1v) is 15.7. The van der Waals surface area contributed by atoms with Crippen molar-refractivity contribution in [2.45, 2.75) is 44.2 Å². The Hall–Kier alpha value is -3.67. The van der Waals surface area contributed by atoms with Crippen molar-refractivity contribution >= 4 is 43.1 Å². The van der Waals surface area contributed by atoms with Crippen LogP contribution in [0.2, 0.25) is 0 Å². The fourth-order valence-electron chi connectivity index (χ4n) is 7.25. The fourth-order valence-corrected chi connectivity index (χ4v) is 8.18. The van der Waals surface area contributed by atoms with Gasteiger partial charge in [-0.2, -0.15) is 15.2 Å². The summed E-state index contributed by atoms with van der Waals surface area (Å²) in [4.78, 5) is 14.0. The molecule has 4 aliphatic rings. The molecule has 3 saturated heterocycles. The smallest absolute Gasteiger partial charge is 0.319 e. The molecule has 13 heteroatoms. The molecule has 228 valence electrons. The molecule has 3 atom stereocenters. The Bertz CT molecular complexity index is 1840. The topological polar surface area (TPSA) is 122 Å². The molecule has 3 fully saturated rings. The van der Waals surface area contributed by atoms with Gasteiger partial charge in [-0.25, -0.2) is 8.78 Å². The number of piperazine rings is 1. The van der Waals surface area contributed by atoms with Gasteiger partial charge in [-0.3, -0.25) is 4.90 Å². The molecule has 0 radical (unpaired) electrons. The molecule has 6 heterocycles. The summed E-state index contributed by atoms with van der Waals surface area (Å²) < 4.78 is 51.4. The molecule has 0 aliphatic carbocycles. The highest BCUT2D eigenvalue weighted by atomic mass is 32.1. The SMILES string of the molecule is CN1CCOC[C@H]1COc1nc(N2C3CCC2CNC3)c2c3c(c(-c4c(F)ccc5sc(N)c(C#N)c45)c(F)c2n1)COC3. The average Bonchev–Trinajstić information content (AvgIpc) is 3.70. The van der Waals surface area contributed by atoms with E-state index in [2.05, 4.69) is 26.2 Å². The lowest BCUT2D eigenvalue weighted by atomic mass is 9.90. The zero-order valence-electron chi connectivity index (χ0n) is 24.2. The Morgan fingerprint density at radius 2 is 1.91 bits per heavy atom. The highest BCUT2D eigenvalue weighted by Gasteiger charge is 2.40. The quantitative estimate of drug-likeness (QED) is 0.340. The van der Waals surface area contributed by atoms with Crippen molar-refractivity contribution in [1.82, 2.24) is 20.2 Å². The van der Waals surface area contributed by atoms with E-state index in [0.29, 0.717) is 40.1 Å². The molecular weight excluding hydrogens is 588 g/mol. The first kappa shape index (κ1) is 27.8. The molecule has 2 unspecified atom stereocenters. The Labute approximate surface area is 256 Å². The van der Waals surface area contributed by atoms with Gasteiger partial charge in [0.05, 0.1) is 43.4 Å². The normalized spacial score (nSPS) is 23.4. The van der Waals surface area contributed by atoms with E-state index in [1.54, 1.807) is 6.07 Å². The number of morpholine rings is 1. The van der Waals surface area contributed by atoms with E-state index in [1.165, 1.54) is 17.4 Å². The molecule has 4 aromatic rings. The Morgan fingerprint density at radius 3 is 2.68 bits per heavy atom. The second-order valence-electron chi connectivity index (χ2n) is 11.9. The number of hydrogen-bond acceptors (Lipinski definition) is 11. The number of halogens is 2. The highest BCUT2D eigenvalue weighted by molar-refractivity contribution is 7.23. The molecule has 3 N–H and O–H groups in total. The standard InChI is InChI=1S/C31H31F2N7O3S/c1-39-6-7-41-11-17(39)12-43-31-37-28-25(30(38-31)40-15-2-3-16(40)10-36-9-15)20-14-42-13-19(20)24(27(28)33)26-21(32)4-5-22-23(26)18(8-34)29(35)44-22/h4-5,15-17,36H,2-3,6-7,9-14,35H2,1H3/t15?,16?,17-/m0/s1. The maximum Gasteiger partial charge on any atom is 0.319 e. The zero-order valence-corrected chi connectivity index (χ0v) is 25.0. The van der Waals surface area contributed by atoms with Crippen LogP contribution in [0.1, 0.15) is 29.5 Å². The number of nitrogen functional groups attached to an aromatic ring is 1. The van der Waals surface area contributed by atoms with E-state index < -0.39 is 11.6 Å². The van der Waals surface area contributed by atoms with E-state index in [4.69, 9.17) is 24.9 Å². The van der Waals surface area contributed by atoms with Gasteiger partial charge in [-0.1, -0.05) is 0 Å². The number of nitrogens with two attached hydrogens (primary N) is 1. The fraction of sp³-hybridized carbons (Fsp3) is 0.452. The monoisotopic (exact) mass is 619 g/mol. The van der Waals surface area contributed by atoms with Crippen LogP contribution in [0, 0.1) is 23.0 Å². The van der Waals surface area contributed by atoms with Crippen LogP contribution in [0.3, 0.4) is 0 Å². The lowest BCUT2D eigenvalue weighted by molar-refractivity contribution is -0.0119. The van der Waals surface area contributed by atoms with Crippen LogP contribution in [0.15, 0.2) is 12.1 Å². The third-order valence-corrected chi connectivity index (χ3v) is 10.5. The lowest BCUT2D eigenvalue weighted by Crippen LogP contribution is -2.52. The number of aromatic nitrogens is 2. The summed E-state index contributed by atoms with van der Waals surface area (Å²) in [6, 6.07) is 5.41. The Morgan fingerprint density at radius 1 is 1.11 bits per heavy atom. The highest BCUT2D eigenvalue weighted by Crippen LogP contribution is 2.48. The van der Waals surface area contributed by atoms with Gasteiger partial charge in [0.25, 0.3) is 0 Å². The molecule has 2 bridgehead atoms. The Kier molecular flexibility index (Phi) is 6.80. The summed E-state index contributed by atoms with van der Waals surface area (Å²) >= 11 is 1.18.